The summed E-state index contributed by atoms with van der Waals surface area (Å²) in [5.41, 5.74) is 4.96. The molecule has 29 heavy (non-hydrogen) atoms. The molecular weight excluding hydrogens is 370 g/mol. The Bertz CT molecular complexity index is 1020. The van der Waals surface area contributed by atoms with E-state index in [9.17, 15) is 4.79 Å². The maximum Gasteiger partial charge on any atom is 0.272 e. The number of nitrogens with one attached hydrogen (secondary N) is 1. The minimum Gasteiger partial charge on any atom is -0.493 e. The molecule has 0 unspecified atom stereocenters. The van der Waals surface area contributed by atoms with Gasteiger partial charge in [0.1, 0.15) is 5.69 Å². The fourth-order valence-electron chi connectivity index (χ4n) is 3.40. The number of aromatic amines is 1. The quantitative estimate of drug-likeness (QED) is 0.662. The highest BCUT2D eigenvalue weighted by molar-refractivity contribution is 5.93. The van der Waals surface area contributed by atoms with Crippen LogP contribution >= 0.6 is 0 Å². The highest BCUT2D eigenvalue weighted by Gasteiger charge is 2.21. The number of hydrogen-bond donors (Lipinski definition) is 1. The van der Waals surface area contributed by atoms with Crippen molar-refractivity contribution in [2.24, 2.45) is 7.05 Å². The van der Waals surface area contributed by atoms with Crippen molar-refractivity contribution < 1.29 is 14.3 Å². The lowest BCUT2D eigenvalue weighted by molar-refractivity contribution is 0.0746. The Hall–Kier alpha value is -3.29. The zero-order chi connectivity index (χ0) is 21.1. The Morgan fingerprint density at radius 1 is 1.17 bits per heavy atom. The van der Waals surface area contributed by atoms with Crippen LogP contribution in [0.15, 0.2) is 24.3 Å². The lowest BCUT2D eigenvalue weighted by Crippen LogP contribution is -2.30. The Labute approximate surface area is 170 Å². The van der Waals surface area contributed by atoms with Gasteiger partial charge in [0.25, 0.3) is 5.91 Å². The molecule has 0 fully saturated rings. The number of nitrogens with zero attached hydrogens (tertiary/aromatic N) is 4. The molecule has 0 bridgehead atoms. The van der Waals surface area contributed by atoms with Gasteiger partial charge < -0.3 is 14.4 Å². The van der Waals surface area contributed by atoms with Crippen molar-refractivity contribution in [1.29, 1.82) is 0 Å². The molecule has 8 heteroatoms. The van der Waals surface area contributed by atoms with E-state index in [4.69, 9.17) is 9.47 Å². The number of hydrogen-bond acceptors (Lipinski definition) is 5. The first-order valence-electron chi connectivity index (χ1n) is 9.45. The number of methoxy groups -OCH3 is 2. The first-order valence-corrected chi connectivity index (χ1v) is 9.45. The van der Waals surface area contributed by atoms with Crippen molar-refractivity contribution >= 4 is 5.91 Å². The summed E-state index contributed by atoms with van der Waals surface area (Å²) in [5, 5.41) is 11.7. The van der Waals surface area contributed by atoms with E-state index in [1.54, 1.807) is 25.2 Å². The zero-order valence-electron chi connectivity index (χ0n) is 17.7. The number of carbonyl (C=O) groups is 1. The van der Waals surface area contributed by atoms with Crippen LogP contribution < -0.4 is 9.47 Å². The molecule has 0 aliphatic carbocycles. The molecule has 0 atom stereocenters. The monoisotopic (exact) mass is 397 g/mol. The SMILES string of the molecule is CCN(Cc1ccc(OC)c(OC)c1)C(=O)c1cc(-c2c(C)nn(C)c2C)n[nH]1. The Morgan fingerprint density at radius 3 is 2.48 bits per heavy atom. The van der Waals surface area contributed by atoms with Crippen LogP contribution in [0.2, 0.25) is 0 Å². The smallest absolute Gasteiger partial charge is 0.272 e. The van der Waals surface area contributed by atoms with Gasteiger partial charge in [-0.25, -0.2) is 0 Å². The topological polar surface area (TPSA) is 85.3 Å². The fourth-order valence-corrected chi connectivity index (χ4v) is 3.40. The average Bonchev–Trinajstić information content (AvgIpc) is 3.29. The first-order chi connectivity index (χ1) is 13.9. The van der Waals surface area contributed by atoms with E-state index in [1.165, 1.54) is 0 Å². The van der Waals surface area contributed by atoms with Gasteiger partial charge in [-0.15, -0.1) is 0 Å². The zero-order valence-corrected chi connectivity index (χ0v) is 17.7. The number of H-pyrrole nitrogens is 1. The third kappa shape index (κ3) is 3.96. The van der Waals surface area contributed by atoms with Crippen LogP contribution in [0.1, 0.15) is 34.4 Å². The van der Waals surface area contributed by atoms with E-state index in [0.717, 1.165) is 28.2 Å². The number of rotatable bonds is 7. The van der Waals surface area contributed by atoms with E-state index in [-0.39, 0.29) is 5.91 Å². The van der Waals surface area contributed by atoms with Crippen molar-refractivity contribution in [1.82, 2.24) is 24.9 Å². The molecule has 0 aliphatic heterocycles. The van der Waals surface area contributed by atoms with Crippen molar-refractivity contribution in [3.05, 3.63) is 46.9 Å². The number of aryl methyl sites for hydroxylation is 2. The summed E-state index contributed by atoms with van der Waals surface area (Å²) >= 11 is 0. The maximum atomic E-state index is 13.1. The van der Waals surface area contributed by atoms with E-state index in [2.05, 4.69) is 15.3 Å². The molecule has 0 saturated carbocycles. The standard InChI is InChI=1S/C21H27N5O3/c1-7-26(12-15-8-9-18(28-5)19(10-15)29-6)21(27)17-11-16(22-23-17)20-13(2)24-25(4)14(20)3/h8-11H,7,12H2,1-6H3,(H,22,23). The van der Waals surface area contributed by atoms with Gasteiger partial charge in [-0.05, 0) is 44.5 Å². The van der Waals surface area contributed by atoms with E-state index in [0.29, 0.717) is 30.3 Å². The fraction of sp³-hybridized carbons (Fsp3) is 0.381. The Kier molecular flexibility index (Phi) is 5.91. The van der Waals surface area contributed by atoms with E-state index < -0.39 is 0 Å². The van der Waals surface area contributed by atoms with Crippen molar-refractivity contribution in [3.8, 4) is 22.8 Å². The van der Waals surface area contributed by atoms with Crippen molar-refractivity contribution in [2.45, 2.75) is 27.3 Å². The summed E-state index contributed by atoms with van der Waals surface area (Å²) in [6.07, 6.45) is 0. The number of aromatic nitrogens is 4. The van der Waals surface area contributed by atoms with Gasteiger partial charge in [-0.2, -0.15) is 10.2 Å². The summed E-state index contributed by atoms with van der Waals surface area (Å²) in [5.74, 6) is 1.19. The molecule has 1 N–H and O–H groups in total. The predicted molar refractivity (Wildman–Crippen MR) is 110 cm³/mol. The van der Waals surface area contributed by atoms with Crippen molar-refractivity contribution in [2.75, 3.05) is 20.8 Å². The van der Waals surface area contributed by atoms with Gasteiger partial charge in [0.2, 0.25) is 0 Å². The van der Waals surface area contributed by atoms with Gasteiger partial charge in [0.05, 0.1) is 25.6 Å². The van der Waals surface area contributed by atoms with Crippen LogP contribution in [-0.4, -0.2) is 51.5 Å². The summed E-state index contributed by atoms with van der Waals surface area (Å²) in [4.78, 5) is 14.8. The maximum absolute atomic E-state index is 13.1. The highest BCUT2D eigenvalue weighted by Crippen LogP contribution is 2.29. The molecule has 2 aromatic heterocycles. The minimum absolute atomic E-state index is 0.111. The summed E-state index contributed by atoms with van der Waals surface area (Å²) in [6, 6.07) is 7.44. The molecule has 1 aromatic carbocycles. The molecule has 1 amide bonds. The van der Waals surface area contributed by atoms with Gasteiger partial charge in [0.15, 0.2) is 11.5 Å². The van der Waals surface area contributed by atoms with Crippen LogP contribution in [0.5, 0.6) is 11.5 Å². The predicted octanol–water partition coefficient (Wildman–Crippen LogP) is 3.11. The molecule has 2 heterocycles. The van der Waals surface area contributed by atoms with Crippen LogP contribution in [-0.2, 0) is 13.6 Å². The Balaban J connectivity index is 1.83. The molecular formula is C21H27N5O3. The summed E-state index contributed by atoms with van der Waals surface area (Å²) in [6.45, 7) is 6.89. The molecule has 8 nitrogen and oxygen atoms in total. The largest absolute Gasteiger partial charge is 0.493 e. The lowest BCUT2D eigenvalue weighted by Gasteiger charge is -2.20. The second-order valence-corrected chi connectivity index (χ2v) is 6.84. The van der Waals surface area contributed by atoms with E-state index in [1.807, 2.05) is 50.7 Å². The average molecular weight is 397 g/mol. The second kappa shape index (κ2) is 8.38. The molecule has 0 saturated heterocycles. The van der Waals surface area contributed by atoms with E-state index >= 15 is 0 Å². The molecule has 0 radical (unpaired) electrons. The molecule has 154 valence electrons. The normalized spacial score (nSPS) is 10.8. The summed E-state index contributed by atoms with van der Waals surface area (Å²) < 4.78 is 12.5. The lowest BCUT2D eigenvalue weighted by atomic mass is 10.1. The third-order valence-electron chi connectivity index (χ3n) is 5.06. The first kappa shape index (κ1) is 20.4. The second-order valence-electron chi connectivity index (χ2n) is 6.84. The third-order valence-corrected chi connectivity index (χ3v) is 5.06. The van der Waals surface area contributed by atoms with Crippen LogP contribution in [0.4, 0.5) is 0 Å². The number of benzene rings is 1. The summed E-state index contributed by atoms with van der Waals surface area (Å²) in [7, 11) is 5.09. The highest BCUT2D eigenvalue weighted by atomic mass is 16.5. The van der Waals surface area contributed by atoms with Crippen LogP contribution in [0.25, 0.3) is 11.3 Å². The van der Waals surface area contributed by atoms with Gasteiger partial charge in [-0.1, -0.05) is 6.07 Å². The van der Waals surface area contributed by atoms with Crippen LogP contribution in [0, 0.1) is 13.8 Å². The molecule has 3 rings (SSSR count). The number of carbonyl (C=O) groups excluding carboxylic acids is 1. The van der Waals surface area contributed by atoms with Crippen molar-refractivity contribution in [3.63, 3.8) is 0 Å². The molecule has 0 spiro atoms. The molecule has 0 aliphatic rings. The minimum atomic E-state index is -0.111. The number of amides is 1. The number of ether oxygens (including phenoxy) is 2. The van der Waals surface area contributed by atoms with Gasteiger partial charge >= 0.3 is 0 Å². The van der Waals surface area contributed by atoms with Gasteiger partial charge in [0, 0.05) is 31.4 Å². The molecule has 3 aromatic rings. The Morgan fingerprint density at radius 2 is 1.90 bits per heavy atom. The van der Waals surface area contributed by atoms with Gasteiger partial charge in [-0.3, -0.25) is 14.6 Å². The van der Waals surface area contributed by atoms with Crippen LogP contribution in [0.3, 0.4) is 0 Å².